The Morgan fingerprint density at radius 2 is 2.29 bits per heavy atom. The fourth-order valence-electron chi connectivity index (χ4n) is 2.82. The van der Waals surface area contributed by atoms with Gasteiger partial charge in [0, 0.05) is 18.6 Å². The first-order valence-corrected chi connectivity index (χ1v) is 6.44. The van der Waals surface area contributed by atoms with E-state index >= 15 is 0 Å². The van der Waals surface area contributed by atoms with Crippen LogP contribution in [-0.4, -0.2) is 53.2 Å². The molecule has 0 bridgehead atoms. The van der Waals surface area contributed by atoms with Crippen LogP contribution in [0.5, 0.6) is 0 Å². The first kappa shape index (κ1) is 12.8. The number of carbonyl (C=O) groups is 1. The molecule has 1 atom stereocenters. The number of amides is 1. The molecule has 0 unspecified atom stereocenters. The van der Waals surface area contributed by atoms with Gasteiger partial charge in [0.05, 0.1) is 12.1 Å². The van der Waals surface area contributed by atoms with Gasteiger partial charge in [-0.1, -0.05) is 0 Å². The van der Waals surface area contributed by atoms with Crippen molar-refractivity contribution in [2.24, 2.45) is 5.73 Å². The summed E-state index contributed by atoms with van der Waals surface area (Å²) in [6.07, 6.45) is 3.46. The van der Waals surface area contributed by atoms with Gasteiger partial charge in [0.25, 0.3) is 0 Å². The van der Waals surface area contributed by atoms with E-state index in [4.69, 9.17) is 5.73 Å². The summed E-state index contributed by atoms with van der Waals surface area (Å²) in [5.41, 5.74) is 5.29. The van der Waals surface area contributed by atoms with E-state index in [-0.39, 0.29) is 18.0 Å². The molecule has 1 saturated heterocycles. The molecule has 1 amide bonds. The first-order valence-electron chi connectivity index (χ1n) is 6.44. The molecule has 1 saturated carbocycles. The number of rotatable bonds is 3. The maximum Gasteiger partial charge on any atom is 0.234 e. The monoisotopic (exact) mass is 241 g/mol. The van der Waals surface area contributed by atoms with Crippen molar-refractivity contribution in [1.29, 1.82) is 0 Å². The van der Waals surface area contributed by atoms with Gasteiger partial charge in [0.2, 0.25) is 5.91 Å². The van der Waals surface area contributed by atoms with Gasteiger partial charge in [0.1, 0.15) is 0 Å². The zero-order valence-corrected chi connectivity index (χ0v) is 10.5. The molecule has 1 aliphatic carbocycles. The van der Waals surface area contributed by atoms with Gasteiger partial charge >= 0.3 is 0 Å². The van der Waals surface area contributed by atoms with Crippen molar-refractivity contribution in [2.75, 3.05) is 19.6 Å². The van der Waals surface area contributed by atoms with Crippen molar-refractivity contribution >= 4 is 5.91 Å². The molecular weight excluding hydrogens is 218 g/mol. The van der Waals surface area contributed by atoms with Crippen LogP contribution in [-0.2, 0) is 4.79 Å². The molecule has 0 radical (unpaired) electrons. The number of nitrogens with two attached hydrogens (primary N) is 1. The lowest BCUT2D eigenvalue weighted by Crippen LogP contribution is -2.55. The topological polar surface area (TPSA) is 78.6 Å². The van der Waals surface area contributed by atoms with Gasteiger partial charge in [-0.2, -0.15) is 0 Å². The molecule has 0 spiro atoms. The van der Waals surface area contributed by atoms with Crippen molar-refractivity contribution in [3.63, 3.8) is 0 Å². The highest BCUT2D eigenvalue weighted by Gasteiger charge is 2.39. The Kier molecular flexibility index (Phi) is 3.70. The van der Waals surface area contributed by atoms with E-state index in [2.05, 4.69) is 10.2 Å². The van der Waals surface area contributed by atoms with Crippen molar-refractivity contribution < 1.29 is 9.90 Å². The quantitative estimate of drug-likeness (QED) is 0.619. The molecule has 0 aromatic rings. The van der Waals surface area contributed by atoms with Gasteiger partial charge in [-0.3, -0.25) is 9.69 Å². The summed E-state index contributed by atoms with van der Waals surface area (Å²) in [6.45, 7) is 4.02. The van der Waals surface area contributed by atoms with Gasteiger partial charge in [-0.05, 0) is 39.2 Å². The summed E-state index contributed by atoms with van der Waals surface area (Å²) in [7, 11) is 0. The molecule has 1 aliphatic heterocycles. The van der Waals surface area contributed by atoms with Crippen molar-refractivity contribution in [2.45, 2.75) is 50.3 Å². The molecular formula is C12H23N3O2. The molecule has 2 rings (SSSR count). The molecule has 2 fully saturated rings. The van der Waals surface area contributed by atoms with Crippen LogP contribution in [0, 0.1) is 0 Å². The summed E-state index contributed by atoms with van der Waals surface area (Å²) < 4.78 is 0. The van der Waals surface area contributed by atoms with E-state index in [0.29, 0.717) is 19.4 Å². The second-order valence-electron chi connectivity index (χ2n) is 5.81. The summed E-state index contributed by atoms with van der Waals surface area (Å²) in [6, 6.07) is 0.358. The van der Waals surface area contributed by atoms with Crippen LogP contribution in [0.4, 0.5) is 0 Å². The van der Waals surface area contributed by atoms with Crippen molar-refractivity contribution in [3.05, 3.63) is 0 Å². The zero-order valence-electron chi connectivity index (χ0n) is 10.5. The second kappa shape index (κ2) is 4.92. The number of nitrogens with zero attached hydrogens (tertiary/aromatic N) is 1. The van der Waals surface area contributed by atoms with Crippen molar-refractivity contribution in [1.82, 2.24) is 10.2 Å². The Labute approximate surface area is 102 Å². The molecule has 0 aromatic heterocycles. The molecule has 17 heavy (non-hydrogen) atoms. The standard InChI is InChI=1S/C12H23N3O2/c1-12(17)5-10(6-12)14-11(16)8-15-4-2-3-9(13)7-15/h9-10,17H,2-8,13H2,1H3,(H,14,16)/t9-,10?,12?/m1/s1. The minimum absolute atomic E-state index is 0.0552. The Morgan fingerprint density at radius 1 is 1.59 bits per heavy atom. The lowest BCUT2D eigenvalue weighted by molar-refractivity contribution is -0.126. The molecule has 4 N–H and O–H groups in total. The SMILES string of the molecule is CC1(O)CC(NC(=O)CN2CCC[C@@H](N)C2)C1. The summed E-state index contributed by atoms with van der Waals surface area (Å²) in [5.74, 6) is 0.0552. The van der Waals surface area contributed by atoms with Crippen LogP contribution in [0.15, 0.2) is 0 Å². The third-order valence-corrected chi connectivity index (χ3v) is 3.65. The average Bonchev–Trinajstić information content (AvgIpc) is 2.14. The molecule has 5 heteroatoms. The smallest absolute Gasteiger partial charge is 0.234 e. The second-order valence-corrected chi connectivity index (χ2v) is 5.81. The number of likely N-dealkylation sites (tertiary alicyclic amines) is 1. The highest BCUT2D eigenvalue weighted by atomic mass is 16.3. The summed E-state index contributed by atoms with van der Waals surface area (Å²) in [5, 5.41) is 12.5. The van der Waals surface area contributed by atoms with E-state index in [0.717, 1.165) is 25.9 Å². The maximum atomic E-state index is 11.8. The van der Waals surface area contributed by atoms with Crippen LogP contribution >= 0.6 is 0 Å². The van der Waals surface area contributed by atoms with Crippen LogP contribution in [0.2, 0.25) is 0 Å². The fourth-order valence-corrected chi connectivity index (χ4v) is 2.82. The minimum atomic E-state index is -0.578. The molecule has 0 aromatic carbocycles. The third-order valence-electron chi connectivity index (χ3n) is 3.65. The van der Waals surface area contributed by atoms with E-state index in [9.17, 15) is 9.90 Å². The fraction of sp³-hybridized carbons (Fsp3) is 0.917. The number of hydrogen-bond donors (Lipinski definition) is 3. The minimum Gasteiger partial charge on any atom is -0.390 e. The molecule has 98 valence electrons. The Morgan fingerprint density at radius 3 is 2.88 bits per heavy atom. The summed E-state index contributed by atoms with van der Waals surface area (Å²) in [4.78, 5) is 13.9. The Hall–Kier alpha value is -0.650. The maximum absolute atomic E-state index is 11.8. The molecule has 2 aliphatic rings. The van der Waals surface area contributed by atoms with Crippen LogP contribution in [0.1, 0.15) is 32.6 Å². The van der Waals surface area contributed by atoms with E-state index < -0.39 is 5.60 Å². The number of carbonyl (C=O) groups excluding carboxylic acids is 1. The molecule has 1 heterocycles. The zero-order chi connectivity index (χ0) is 12.5. The van der Waals surface area contributed by atoms with Gasteiger partial charge in [-0.25, -0.2) is 0 Å². The Bertz CT molecular complexity index is 285. The highest BCUT2D eigenvalue weighted by molar-refractivity contribution is 5.78. The number of nitrogens with one attached hydrogen (secondary N) is 1. The normalized spacial score (nSPS) is 38.5. The van der Waals surface area contributed by atoms with Crippen LogP contribution in [0.3, 0.4) is 0 Å². The van der Waals surface area contributed by atoms with Crippen LogP contribution < -0.4 is 11.1 Å². The molecule has 5 nitrogen and oxygen atoms in total. The van der Waals surface area contributed by atoms with E-state index in [1.807, 2.05) is 0 Å². The highest BCUT2D eigenvalue weighted by Crippen LogP contribution is 2.31. The average molecular weight is 241 g/mol. The first-order chi connectivity index (χ1) is 7.94. The lowest BCUT2D eigenvalue weighted by Gasteiger charge is -2.41. The summed E-state index contributed by atoms with van der Waals surface area (Å²) >= 11 is 0. The van der Waals surface area contributed by atoms with E-state index in [1.165, 1.54) is 0 Å². The van der Waals surface area contributed by atoms with Gasteiger partial charge < -0.3 is 16.2 Å². The third kappa shape index (κ3) is 3.66. The predicted octanol–water partition coefficient (Wildman–Crippen LogP) is -0.561. The van der Waals surface area contributed by atoms with Crippen LogP contribution in [0.25, 0.3) is 0 Å². The lowest BCUT2D eigenvalue weighted by atomic mass is 9.77. The Balaban J connectivity index is 1.67. The number of piperidine rings is 1. The largest absolute Gasteiger partial charge is 0.390 e. The van der Waals surface area contributed by atoms with Crippen molar-refractivity contribution in [3.8, 4) is 0 Å². The van der Waals surface area contributed by atoms with E-state index in [1.54, 1.807) is 6.92 Å². The van der Waals surface area contributed by atoms with Gasteiger partial charge in [0.15, 0.2) is 0 Å². The predicted molar refractivity (Wildman–Crippen MR) is 65.4 cm³/mol. The van der Waals surface area contributed by atoms with Gasteiger partial charge in [-0.15, -0.1) is 0 Å². The number of aliphatic hydroxyl groups is 1. The number of hydrogen-bond acceptors (Lipinski definition) is 4.